The first-order valence-corrected chi connectivity index (χ1v) is 5.26. The van der Waals surface area contributed by atoms with Crippen LogP contribution in [0.2, 0.25) is 0 Å². The van der Waals surface area contributed by atoms with Crippen LogP contribution in [0.25, 0.3) is 0 Å². The molecule has 0 aliphatic carbocycles. The van der Waals surface area contributed by atoms with Gasteiger partial charge < -0.3 is 14.9 Å². The zero-order chi connectivity index (χ0) is 12.4. The zero-order valence-electron chi connectivity index (χ0n) is 10.1. The molecular weight excluding hydrogens is 192 g/mol. The van der Waals surface area contributed by atoms with E-state index in [1.807, 2.05) is 12.2 Å². The molecule has 3 heteroatoms. The van der Waals surface area contributed by atoms with E-state index in [0.29, 0.717) is 13.2 Å². The van der Waals surface area contributed by atoms with Crippen molar-refractivity contribution in [3.05, 3.63) is 25.3 Å². The Morgan fingerprint density at radius 3 is 1.33 bits per heavy atom. The van der Waals surface area contributed by atoms with E-state index in [9.17, 15) is 0 Å². The Labute approximate surface area is 94.1 Å². The molecule has 0 aromatic carbocycles. The number of hydrogen-bond acceptors (Lipinski definition) is 3. The molecule has 0 saturated heterocycles. The summed E-state index contributed by atoms with van der Waals surface area (Å²) in [5.41, 5.74) is 0. The van der Waals surface area contributed by atoms with Crippen molar-refractivity contribution in [2.75, 3.05) is 26.4 Å². The third kappa shape index (κ3) is 60.0. The molecule has 2 N–H and O–H groups in total. The molecule has 0 radical (unpaired) electrons. The summed E-state index contributed by atoms with van der Waals surface area (Å²) in [5.74, 6) is 0. The molecule has 0 fully saturated rings. The van der Waals surface area contributed by atoms with Crippen molar-refractivity contribution in [3.8, 4) is 0 Å². The van der Waals surface area contributed by atoms with Gasteiger partial charge in [0.15, 0.2) is 0 Å². The molecule has 15 heavy (non-hydrogen) atoms. The minimum atomic E-state index is 0.0278. The smallest absolute Gasteiger partial charge is 0.0698 e. The van der Waals surface area contributed by atoms with E-state index in [2.05, 4.69) is 31.7 Å². The summed E-state index contributed by atoms with van der Waals surface area (Å²) < 4.78 is 4.63. The van der Waals surface area contributed by atoms with Gasteiger partial charge in [-0.3, -0.25) is 0 Å². The molecule has 92 valence electrons. The Morgan fingerprint density at radius 2 is 1.20 bits per heavy atom. The van der Waals surface area contributed by atoms with Gasteiger partial charge in [-0.05, 0) is 12.8 Å². The summed E-state index contributed by atoms with van der Waals surface area (Å²) >= 11 is 0. The highest BCUT2D eigenvalue weighted by Gasteiger charge is 1.79. The van der Waals surface area contributed by atoms with Crippen molar-refractivity contribution >= 4 is 0 Å². The number of hydrogen-bond donors (Lipinski definition) is 2. The molecule has 3 nitrogen and oxygen atoms in total. The van der Waals surface area contributed by atoms with Crippen LogP contribution < -0.4 is 0 Å². The minimum absolute atomic E-state index is 0.0278. The molecule has 0 heterocycles. The van der Waals surface area contributed by atoms with Crippen LogP contribution in [0, 0.1) is 0 Å². The number of ether oxygens (including phenoxy) is 1. The van der Waals surface area contributed by atoms with Crippen LogP contribution in [0.4, 0.5) is 0 Å². The maximum absolute atomic E-state index is 8.09. The summed E-state index contributed by atoms with van der Waals surface area (Å²) in [6.45, 7) is 11.8. The monoisotopic (exact) mass is 218 g/mol. The Hall–Kier alpha value is -0.640. The Kier molecular flexibility index (Phi) is 38.7. The first kappa shape index (κ1) is 19.9. The molecule has 0 aromatic heterocycles. The molecule has 0 aliphatic heterocycles. The van der Waals surface area contributed by atoms with Gasteiger partial charge in [-0.25, -0.2) is 0 Å². The maximum Gasteiger partial charge on any atom is 0.0698 e. The van der Waals surface area contributed by atoms with Crippen LogP contribution in [0.15, 0.2) is 25.3 Å². The first-order chi connectivity index (χ1) is 7.24. The fourth-order valence-electron chi connectivity index (χ4n) is 0.231. The van der Waals surface area contributed by atoms with E-state index in [-0.39, 0.29) is 13.2 Å². The van der Waals surface area contributed by atoms with Gasteiger partial charge in [-0.15, -0.1) is 13.2 Å². The van der Waals surface area contributed by atoms with Crippen molar-refractivity contribution in [1.82, 2.24) is 0 Å². The number of aliphatic hydroxyl groups excluding tert-OH is 2. The molecule has 0 atom stereocenters. The quantitative estimate of drug-likeness (QED) is 0.530. The first-order valence-electron chi connectivity index (χ1n) is 5.26. The Bertz CT molecular complexity index is 91.0. The minimum Gasteiger partial charge on any atom is -0.394 e. The number of aliphatic hydroxyl groups is 2. The fraction of sp³-hybridized carbons (Fsp3) is 0.667. The molecule has 0 unspecified atom stereocenters. The number of allylic oxidation sites excluding steroid dienone is 2. The van der Waals surface area contributed by atoms with Crippen molar-refractivity contribution in [1.29, 1.82) is 0 Å². The largest absolute Gasteiger partial charge is 0.394 e. The second-order valence-electron chi connectivity index (χ2n) is 2.45. The summed E-state index contributed by atoms with van der Waals surface area (Å²) in [4.78, 5) is 0. The Balaban J connectivity index is -0.000000155. The lowest BCUT2D eigenvalue weighted by molar-refractivity contribution is 0.0650. The third-order valence-electron chi connectivity index (χ3n) is 1.05. The molecule has 0 aliphatic rings. The van der Waals surface area contributed by atoms with Crippen molar-refractivity contribution in [2.45, 2.75) is 26.7 Å². The fourth-order valence-corrected chi connectivity index (χ4v) is 0.231. The number of rotatable bonds is 6. The molecule has 0 amide bonds. The standard InChI is InChI=1S/C4H10O3.2C4H8/c5-1-3-7-4-2-6;2*1-3-4-2/h5-6H,1-4H2;2*3H,1,4H2,2H3. The van der Waals surface area contributed by atoms with Crippen molar-refractivity contribution < 1.29 is 14.9 Å². The molecule has 0 bridgehead atoms. The molecule has 0 spiro atoms. The van der Waals surface area contributed by atoms with Gasteiger partial charge in [0.25, 0.3) is 0 Å². The average molecular weight is 218 g/mol. The molecule has 0 rings (SSSR count). The molecule has 0 aromatic rings. The van der Waals surface area contributed by atoms with E-state index in [1.54, 1.807) is 0 Å². The lowest BCUT2D eigenvalue weighted by atomic mass is 10.5. The van der Waals surface area contributed by atoms with Crippen LogP contribution in [-0.2, 0) is 4.74 Å². The third-order valence-corrected chi connectivity index (χ3v) is 1.05. The van der Waals surface area contributed by atoms with Crippen LogP contribution >= 0.6 is 0 Å². The average Bonchev–Trinajstić information content (AvgIpc) is 2.30. The van der Waals surface area contributed by atoms with E-state index in [0.717, 1.165) is 12.8 Å². The van der Waals surface area contributed by atoms with Crippen LogP contribution in [0.3, 0.4) is 0 Å². The SMILES string of the molecule is C=CCC.C=CCC.OCCOCCO. The van der Waals surface area contributed by atoms with Crippen LogP contribution in [0.1, 0.15) is 26.7 Å². The van der Waals surface area contributed by atoms with Crippen molar-refractivity contribution in [2.24, 2.45) is 0 Å². The normalized spacial score (nSPS) is 7.73. The summed E-state index contributed by atoms with van der Waals surface area (Å²) in [5, 5.41) is 16.2. The summed E-state index contributed by atoms with van der Waals surface area (Å²) in [6, 6.07) is 0. The van der Waals surface area contributed by atoms with Gasteiger partial charge in [-0.1, -0.05) is 26.0 Å². The zero-order valence-corrected chi connectivity index (χ0v) is 10.1. The topological polar surface area (TPSA) is 49.7 Å². The summed E-state index contributed by atoms with van der Waals surface area (Å²) in [7, 11) is 0. The predicted octanol–water partition coefficient (Wildman–Crippen LogP) is 2.15. The van der Waals surface area contributed by atoms with E-state index in [1.165, 1.54) is 0 Å². The van der Waals surface area contributed by atoms with Gasteiger partial charge in [0.1, 0.15) is 0 Å². The van der Waals surface area contributed by atoms with E-state index < -0.39 is 0 Å². The second-order valence-corrected chi connectivity index (χ2v) is 2.45. The van der Waals surface area contributed by atoms with Gasteiger partial charge >= 0.3 is 0 Å². The Morgan fingerprint density at radius 1 is 0.933 bits per heavy atom. The van der Waals surface area contributed by atoms with Crippen LogP contribution in [0.5, 0.6) is 0 Å². The highest BCUT2D eigenvalue weighted by molar-refractivity contribution is 4.60. The summed E-state index contributed by atoms with van der Waals surface area (Å²) in [6.07, 6.45) is 5.92. The lowest BCUT2D eigenvalue weighted by Gasteiger charge is -1.94. The van der Waals surface area contributed by atoms with Gasteiger partial charge in [0, 0.05) is 0 Å². The second kappa shape index (κ2) is 29.2. The van der Waals surface area contributed by atoms with Crippen molar-refractivity contribution in [3.63, 3.8) is 0 Å². The van der Waals surface area contributed by atoms with Gasteiger partial charge in [0.2, 0.25) is 0 Å². The van der Waals surface area contributed by atoms with Gasteiger partial charge in [0.05, 0.1) is 26.4 Å². The van der Waals surface area contributed by atoms with E-state index in [4.69, 9.17) is 10.2 Å². The molecule has 0 saturated carbocycles. The predicted molar refractivity (Wildman–Crippen MR) is 66.0 cm³/mol. The van der Waals surface area contributed by atoms with Crippen LogP contribution in [-0.4, -0.2) is 36.6 Å². The highest BCUT2D eigenvalue weighted by atomic mass is 16.5. The van der Waals surface area contributed by atoms with Gasteiger partial charge in [-0.2, -0.15) is 0 Å². The maximum atomic E-state index is 8.09. The lowest BCUT2D eigenvalue weighted by Crippen LogP contribution is -2.03. The highest BCUT2D eigenvalue weighted by Crippen LogP contribution is 1.68. The van der Waals surface area contributed by atoms with E-state index >= 15 is 0 Å². The molecular formula is C12H26O3.